The predicted molar refractivity (Wildman–Crippen MR) is 78.7 cm³/mol. The average molecular weight is 304 g/mol. The van der Waals surface area contributed by atoms with E-state index >= 15 is 0 Å². The SMILES string of the molecule is O=C(NCc1nc2ccccc2[nH]1)c1ccc(F)c(Cl)c1. The lowest BCUT2D eigenvalue weighted by molar-refractivity contribution is 0.0950. The summed E-state index contributed by atoms with van der Waals surface area (Å²) in [6.45, 7) is 0.252. The van der Waals surface area contributed by atoms with E-state index in [1.54, 1.807) is 0 Å². The van der Waals surface area contributed by atoms with Gasteiger partial charge in [0.15, 0.2) is 0 Å². The number of rotatable bonds is 3. The normalized spacial score (nSPS) is 10.8. The van der Waals surface area contributed by atoms with Gasteiger partial charge in [-0.3, -0.25) is 4.79 Å². The largest absolute Gasteiger partial charge is 0.345 e. The molecule has 0 fully saturated rings. The number of imidazole rings is 1. The van der Waals surface area contributed by atoms with E-state index < -0.39 is 5.82 Å². The van der Waals surface area contributed by atoms with Crippen LogP contribution in [-0.2, 0) is 6.54 Å². The van der Waals surface area contributed by atoms with Crippen molar-refractivity contribution in [1.29, 1.82) is 0 Å². The molecule has 0 aliphatic carbocycles. The molecule has 0 radical (unpaired) electrons. The Morgan fingerprint density at radius 2 is 2.10 bits per heavy atom. The van der Waals surface area contributed by atoms with Crippen molar-refractivity contribution in [3.8, 4) is 0 Å². The number of H-pyrrole nitrogens is 1. The van der Waals surface area contributed by atoms with Gasteiger partial charge in [-0.05, 0) is 30.3 Å². The van der Waals surface area contributed by atoms with Crippen molar-refractivity contribution >= 4 is 28.5 Å². The molecule has 1 aromatic heterocycles. The van der Waals surface area contributed by atoms with E-state index in [2.05, 4.69) is 15.3 Å². The third-order valence-corrected chi connectivity index (χ3v) is 3.33. The number of hydrogen-bond acceptors (Lipinski definition) is 2. The topological polar surface area (TPSA) is 57.8 Å². The molecule has 0 spiro atoms. The maximum Gasteiger partial charge on any atom is 0.251 e. The van der Waals surface area contributed by atoms with E-state index in [1.807, 2.05) is 24.3 Å². The highest BCUT2D eigenvalue weighted by molar-refractivity contribution is 6.31. The minimum absolute atomic E-state index is 0.0774. The zero-order valence-electron chi connectivity index (χ0n) is 10.9. The van der Waals surface area contributed by atoms with Crippen LogP contribution >= 0.6 is 11.6 Å². The van der Waals surface area contributed by atoms with Crippen molar-refractivity contribution < 1.29 is 9.18 Å². The molecule has 2 N–H and O–H groups in total. The van der Waals surface area contributed by atoms with Crippen LogP contribution in [0.25, 0.3) is 11.0 Å². The maximum atomic E-state index is 13.1. The summed E-state index contributed by atoms with van der Waals surface area (Å²) in [6, 6.07) is 11.4. The lowest BCUT2D eigenvalue weighted by atomic mass is 10.2. The summed E-state index contributed by atoms with van der Waals surface area (Å²) in [7, 11) is 0. The molecule has 2 aromatic carbocycles. The number of hydrogen-bond donors (Lipinski definition) is 2. The summed E-state index contributed by atoms with van der Waals surface area (Å²) in [5.74, 6) is -0.236. The van der Waals surface area contributed by atoms with Crippen LogP contribution in [0.5, 0.6) is 0 Å². The molecule has 6 heteroatoms. The highest BCUT2D eigenvalue weighted by atomic mass is 35.5. The lowest BCUT2D eigenvalue weighted by Gasteiger charge is -2.04. The number of carbonyl (C=O) groups is 1. The van der Waals surface area contributed by atoms with Crippen LogP contribution in [-0.4, -0.2) is 15.9 Å². The smallest absolute Gasteiger partial charge is 0.251 e. The van der Waals surface area contributed by atoms with Crippen molar-refractivity contribution in [2.45, 2.75) is 6.54 Å². The Balaban J connectivity index is 1.71. The first-order valence-corrected chi connectivity index (χ1v) is 6.68. The molecule has 3 rings (SSSR count). The minimum atomic E-state index is -0.550. The molecule has 21 heavy (non-hydrogen) atoms. The van der Waals surface area contributed by atoms with E-state index in [4.69, 9.17) is 11.6 Å². The molecule has 106 valence electrons. The second kappa shape index (κ2) is 5.54. The molecule has 0 unspecified atom stereocenters. The molecular weight excluding hydrogens is 293 g/mol. The average Bonchev–Trinajstić information content (AvgIpc) is 2.90. The van der Waals surface area contributed by atoms with Gasteiger partial charge >= 0.3 is 0 Å². The predicted octanol–water partition coefficient (Wildman–Crippen LogP) is 3.29. The highest BCUT2D eigenvalue weighted by Gasteiger charge is 2.09. The first kappa shape index (κ1) is 13.6. The molecule has 0 saturated heterocycles. The fourth-order valence-electron chi connectivity index (χ4n) is 1.99. The number of benzene rings is 2. The van der Waals surface area contributed by atoms with Crippen molar-refractivity contribution in [3.63, 3.8) is 0 Å². The van der Waals surface area contributed by atoms with Gasteiger partial charge in [-0.1, -0.05) is 23.7 Å². The number of halogens is 2. The Morgan fingerprint density at radius 3 is 2.86 bits per heavy atom. The summed E-state index contributed by atoms with van der Waals surface area (Å²) >= 11 is 5.65. The van der Waals surface area contributed by atoms with Gasteiger partial charge in [0.05, 0.1) is 22.6 Å². The van der Waals surface area contributed by atoms with Gasteiger partial charge in [0, 0.05) is 5.56 Å². The Morgan fingerprint density at radius 1 is 1.29 bits per heavy atom. The van der Waals surface area contributed by atoms with Crippen LogP contribution in [0.3, 0.4) is 0 Å². The fraction of sp³-hybridized carbons (Fsp3) is 0.0667. The van der Waals surface area contributed by atoms with Crippen LogP contribution in [0.2, 0.25) is 5.02 Å². The number of nitrogens with zero attached hydrogens (tertiary/aromatic N) is 1. The summed E-state index contributed by atoms with van der Waals surface area (Å²) < 4.78 is 13.1. The van der Waals surface area contributed by atoms with Crippen molar-refractivity contribution in [2.24, 2.45) is 0 Å². The van der Waals surface area contributed by atoms with E-state index in [-0.39, 0.29) is 17.5 Å². The Hall–Kier alpha value is -2.40. The lowest BCUT2D eigenvalue weighted by Crippen LogP contribution is -2.23. The molecule has 0 aliphatic heterocycles. The second-order valence-electron chi connectivity index (χ2n) is 4.51. The van der Waals surface area contributed by atoms with Crippen LogP contribution < -0.4 is 5.32 Å². The van der Waals surface area contributed by atoms with E-state index in [0.717, 1.165) is 11.0 Å². The molecule has 1 amide bonds. The summed E-state index contributed by atoms with van der Waals surface area (Å²) in [5, 5.41) is 2.63. The van der Waals surface area contributed by atoms with Gasteiger partial charge in [0.2, 0.25) is 0 Å². The molecule has 3 aromatic rings. The minimum Gasteiger partial charge on any atom is -0.345 e. The number of para-hydroxylation sites is 2. The number of fused-ring (bicyclic) bond motifs is 1. The Kier molecular flexibility index (Phi) is 3.58. The third kappa shape index (κ3) is 2.87. The zero-order chi connectivity index (χ0) is 14.8. The number of nitrogens with one attached hydrogen (secondary N) is 2. The van der Waals surface area contributed by atoms with Gasteiger partial charge in [-0.15, -0.1) is 0 Å². The first-order chi connectivity index (χ1) is 10.1. The summed E-state index contributed by atoms with van der Waals surface area (Å²) in [5.41, 5.74) is 2.05. The molecule has 4 nitrogen and oxygen atoms in total. The second-order valence-corrected chi connectivity index (χ2v) is 4.92. The maximum absolute atomic E-state index is 13.1. The summed E-state index contributed by atoms with van der Waals surface area (Å²) in [6.07, 6.45) is 0. The van der Waals surface area contributed by atoms with Crippen LogP contribution in [0, 0.1) is 5.82 Å². The molecule has 0 atom stereocenters. The third-order valence-electron chi connectivity index (χ3n) is 3.04. The molecule has 0 aliphatic rings. The van der Waals surface area contributed by atoms with Gasteiger partial charge in [-0.2, -0.15) is 0 Å². The Bertz CT molecular complexity index is 783. The van der Waals surface area contributed by atoms with E-state index in [0.29, 0.717) is 11.4 Å². The van der Waals surface area contributed by atoms with Crippen LogP contribution in [0.1, 0.15) is 16.2 Å². The number of aromatic nitrogens is 2. The fourth-order valence-corrected chi connectivity index (χ4v) is 2.17. The Labute approximate surface area is 125 Å². The monoisotopic (exact) mass is 303 g/mol. The molecule has 0 bridgehead atoms. The van der Waals surface area contributed by atoms with E-state index in [1.165, 1.54) is 18.2 Å². The standard InChI is InChI=1S/C15H11ClFN3O/c16-10-7-9(5-6-11(10)17)15(21)18-8-14-19-12-3-1-2-4-13(12)20-14/h1-7H,8H2,(H,18,21)(H,19,20). The van der Waals surface area contributed by atoms with Crippen molar-refractivity contribution in [2.75, 3.05) is 0 Å². The quantitative estimate of drug-likeness (QED) is 0.780. The van der Waals surface area contributed by atoms with Crippen molar-refractivity contribution in [1.82, 2.24) is 15.3 Å². The van der Waals surface area contributed by atoms with E-state index in [9.17, 15) is 9.18 Å². The highest BCUT2D eigenvalue weighted by Crippen LogP contribution is 2.16. The zero-order valence-corrected chi connectivity index (χ0v) is 11.6. The van der Waals surface area contributed by atoms with Crippen molar-refractivity contribution in [3.05, 3.63) is 64.7 Å². The van der Waals surface area contributed by atoms with Gasteiger partial charge in [-0.25, -0.2) is 9.37 Å². The van der Waals surface area contributed by atoms with Gasteiger partial charge < -0.3 is 10.3 Å². The van der Waals surface area contributed by atoms with Gasteiger partial charge in [0.25, 0.3) is 5.91 Å². The number of aromatic amines is 1. The summed E-state index contributed by atoms with van der Waals surface area (Å²) in [4.78, 5) is 19.4. The number of carbonyl (C=O) groups excluding carboxylic acids is 1. The van der Waals surface area contributed by atoms with Gasteiger partial charge in [0.1, 0.15) is 11.6 Å². The number of amides is 1. The van der Waals surface area contributed by atoms with Crippen LogP contribution in [0.15, 0.2) is 42.5 Å². The first-order valence-electron chi connectivity index (χ1n) is 6.30. The molecular formula is C15H11ClFN3O. The molecule has 0 saturated carbocycles. The molecule has 1 heterocycles. The van der Waals surface area contributed by atoms with Crippen LogP contribution in [0.4, 0.5) is 4.39 Å².